The number of hydrogen-bond acceptors (Lipinski definition) is 3. The van der Waals surface area contributed by atoms with E-state index in [0.717, 1.165) is 16.4 Å². The van der Waals surface area contributed by atoms with Crippen molar-refractivity contribution >= 4 is 34.6 Å². The van der Waals surface area contributed by atoms with Gasteiger partial charge >= 0.3 is 0 Å². The fourth-order valence-corrected chi connectivity index (χ4v) is 3.36. The van der Waals surface area contributed by atoms with E-state index >= 15 is 0 Å². The second-order valence-corrected chi connectivity index (χ2v) is 6.31. The normalized spacial score (nSPS) is 18.2. The molecule has 1 aliphatic rings. The average molecular weight is 322 g/mol. The van der Waals surface area contributed by atoms with E-state index in [1.54, 1.807) is 4.90 Å². The lowest BCUT2D eigenvalue weighted by atomic mass is 10.2. The second-order valence-electron chi connectivity index (χ2n) is 5.30. The molecule has 23 heavy (non-hydrogen) atoms. The van der Waals surface area contributed by atoms with E-state index in [2.05, 4.69) is 4.99 Å². The van der Waals surface area contributed by atoms with E-state index in [1.165, 1.54) is 17.3 Å². The third-order valence-electron chi connectivity index (χ3n) is 3.56. The Morgan fingerprint density at radius 2 is 1.78 bits per heavy atom. The van der Waals surface area contributed by atoms with Crippen molar-refractivity contribution in [3.05, 3.63) is 70.6 Å². The summed E-state index contributed by atoms with van der Waals surface area (Å²) in [6.07, 6.45) is 1.92. The van der Waals surface area contributed by atoms with Gasteiger partial charge in [-0.05, 0) is 49.4 Å². The van der Waals surface area contributed by atoms with E-state index in [9.17, 15) is 4.79 Å². The van der Waals surface area contributed by atoms with Crippen LogP contribution in [-0.4, -0.2) is 22.5 Å². The van der Waals surface area contributed by atoms with Crippen LogP contribution in [-0.2, 0) is 4.79 Å². The Morgan fingerprint density at radius 3 is 2.43 bits per heavy atom. The van der Waals surface area contributed by atoms with Crippen molar-refractivity contribution in [3.8, 4) is 0 Å². The van der Waals surface area contributed by atoms with Gasteiger partial charge in [-0.15, -0.1) is 0 Å². The molecule has 0 bridgehead atoms. The number of carbonyl (C=O) groups is 1. The molecule has 3 rings (SSSR count). The highest BCUT2D eigenvalue weighted by atomic mass is 32.2. The number of amides is 1. The molecule has 0 radical (unpaired) electrons. The quantitative estimate of drug-likeness (QED) is 0.773. The third-order valence-corrected chi connectivity index (χ3v) is 4.57. The van der Waals surface area contributed by atoms with Gasteiger partial charge in [-0.25, -0.2) is 4.99 Å². The van der Waals surface area contributed by atoms with Crippen molar-refractivity contribution in [2.75, 3.05) is 6.54 Å². The monoisotopic (exact) mass is 322 g/mol. The lowest BCUT2D eigenvalue weighted by Gasteiger charge is -2.11. The Morgan fingerprint density at radius 1 is 1.09 bits per heavy atom. The first-order chi connectivity index (χ1) is 11.2. The van der Waals surface area contributed by atoms with E-state index < -0.39 is 0 Å². The molecule has 116 valence electrons. The summed E-state index contributed by atoms with van der Waals surface area (Å²) in [5.41, 5.74) is 3.09. The van der Waals surface area contributed by atoms with Gasteiger partial charge in [0.2, 0.25) is 0 Å². The molecule has 0 aromatic heterocycles. The van der Waals surface area contributed by atoms with E-state index in [4.69, 9.17) is 0 Å². The molecule has 1 fully saturated rings. The first-order valence-corrected chi connectivity index (χ1v) is 8.41. The van der Waals surface area contributed by atoms with Crippen LogP contribution >= 0.6 is 11.8 Å². The zero-order valence-corrected chi connectivity index (χ0v) is 14.0. The largest absolute Gasteiger partial charge is 0.287 e. The molecule has 0 N–H and O–H groups in total. The summed E-state index contributed by atoms with van der Waals surface area (Å²) in [4.78, 5) is 19.6. The van der Waals surface area contributed by atoms with Gasteiger partial charge in [-0.1, -0.05) is 48.0 Å². The maximum absolute atomic E-state index is 12.6. The van der Waals surface area contributed by atoms with Crippen molar-refractivity contribution in [2.45, 2.75) is 13.8 Å². The number of nitrogens with zero attached hydrogens (tertiary/aromatic N) is 2. The van der Waals surface area contributed by atoms with Crippen LogP contribution in [0.15, 0.2) is 64.5 Å². The predicted octanol–water partition coefficient (Wildman–Crippen LogP) is 4.62. The molecular weight excluding hydrogens is 304 g/mol. The average Bonchev–Trinajstić information content (AvgIpc) is 2.85. The zero-order chi connectivity index (χ0) is 16.2. The van der Waals surface area contributed by atoms with Crippen LogP contribution in [0.5, 0.6) is 0 Å². The number of likely N-dealkylation sites (N-methyl/N-ethyl adjacent to an activating group) is 1. The smallest absolute Gasteiger partial charge is 0.266 e. The number of aliphatic imine (C=N–C) groups is 1. The minimum atomic E-state index is 0.0206. The Kier molecular flexibility index (Phi) is 4.63. The SMILES string of the molecule is CCN1C(=O)/C(=C\c2ccccc2)SC1=Nc1ccc(C)cc1. The summed E-state index contributed by atoms with van der Waals surface area (Å²) < 4.78 is 0. The Hall–Kier alpha value is -2.33. The Labute approximate surface area is 140 Å². The van der Waals surface area contributed by atoms with Crippen molar-refractivity contribution in [3.63, 3.8) is 0 Å². The molecule has 0 spiro atoms. The molecule has 1 heterocycles. The number of amidine groups is 1. The highest BCUT2D eigenvalue weighted by Gasteiger charge is 2.32. The van der Waals surface area contributed by atoms with Crippen LogP contribution in [0.3, 0.4) is 0 Å². The first kappa shape index (κ1) is 15.6. The molecule has 0 aliphatic carbocycles. The van der Waals surface area contributed by atoms with Gasteiger partial charge in [-0.3, -0.25) is 9.69 Å². The molecule has 0 saturated carbocycles. The van der Waals surface area contributed by atoms with Gasteiger partial charge < -0.3 is 0 Å². The fraction of sp³-hybridized carbons (Fsp3) is 0.158. The summed E-state index contributed by atoms with van der Waals surface area (Å²) in [6, 6.07) is 17.9. The van der Waals surface area contributed by atoms with Crippen LogP contribution in [0.2, 0.25) is 0 Å². The summed E-state index contributed by atoms with van der Waals surface area (Å²) in [5, 5.41) is 0.739. The van der Waals surface area contributed by atoms with Crippen molar-refractivity contribution in [1.29, 1.82) is 0 Å². The van der Waals surface area contributed by atoms with Crippen LogP contribution in [0.4, 0.5) is 5.69 Å². The molecule has 0 atom stereocenters. The number of aryl methyl sites for hydroxylation is 1. The maximum Gasteiger partial charge on any atom is 0.266 e. The molecular formula is C19H18N2OS. The summed E-state index contributed by atoms with van der Waals surface area (Å²) in [7, 11) is 0. The molecule has 3 nitrogen and oxygen atoms in total. The Bertz CT molecular complexity index is 764. The highest BCUT2D eigenvalue weighted by Crippen LogP contribution is 2.33. The summed E-state index contributed by atoms with van der Waals surface area (Å²) in [6.45, 7) is 4.63. The number of carbonyl (C=O) groups excluding carboxylic acids is 1. The van der Waals surface area contributed by atoms with Crippen molar-refractivity contribution in [1.82, 2.24) is 4.90 Å². The molecule has 4 heteroatoms. The second kappa shape index (κ2) is 6.84. The lowest BCUT2D eigenvalue weighted by Crippen LogP contribution is -2.28. The van der Waals surface area contributed by atoms with Crippen LogP contribution in [0, 0.1) is 6.92 Å². The van der Waals surface area contributed by atoms with Gasteiger partial charge in [0.1, 0.15) is 0 Å². The Balaban J connectivity index is 1.91. The third kappa shape index (κ3) is 3.54. The zero-order valence-electron chi connectivity index (χ0n) is 13.2. The minimum absolute atomic E-state index is 0.0206. The van der Waals surface area contributed by atoms with Crippen LogP contribution in [0.1, 0.15) is 18.1 Å². The number of benzene rings is 2. The van der Waals surface area contributed by atoms with Crippen molar-refractivity contribution < 1.29 is 4.79 Å². The van der Waals surface area contributed by atoms with Gasteiger partial charge in [0, 0.05) is 6.54 Å². The van der Waals surface area contributed by atoms with Crippen molar-refractivity contribution in [2.24, 2.45) is 4.99 Å². The number of thioether (sulfide) groups is 1. The maximum atomic E-state index is 12.6. The highest BCUT2D eigenvalue weighted by molar-refractivity contribution is 8.18. The van der Waals surface area contributed by atoms with E-state index in [0.29, 0.717) is 11.4 Å². The topological polar surface area (TPSA) is 32.7 Å². The summed E-state index contributed by atoms with van der Waals surface area (Å²) in [5.74, 6) is 0.0206. The van der Waals surface area contributed by atoms with Gasteiger partial charge in [0.15, 0.2) is 5.17 Å². The lowest BCUT2D eigenvalue weighted by molar-refractivity contribution is -0.122. The molecule has 2 aromatic rings. The standard InChI is InChI=1S/C19H18N2OS/c1-3-21-18(22)17(13-15-7-5-4-6-8-15)23-19(21)20-16-11-9-14(2)10-12-16/h4-13H,3H2,1-2H3/b17-13+,20-19?. The minimum Gasteiger partial charge on any atom is -0.287 e. The van der Waals surface area contributed by atoms with Crippen LogP contribution < -0.4 is 0 Å². The molecule has 1 amide bonds. The van der Waals surface area contributed by atoms with Gasteiger partial charge in [-0.2, -0.15) is 0 Å². The van der Waals surface area contributed by atoms with Crippen LogP contribution in [0.25, 0.3) is 6.08 Å². The van der Waals surface area contributed by atoms with Gasteiger partial charge in [0.05, 0.1) is 10.6 Å². The molecule has 2 aromatic carbocycles. The summed E-state index contributed by atoms with van der Waals surface area (Å²) >= 11 is 1.43. The molecule has 0 unspecified atom stereocenters. The molecule has 1 aliphatic heterocycles. The molecule has 1 saturated heterocycles. The van der Waals surface area contributed by atoms with E-state index in [1.807, 2.05) is 74.5 Å². The number of hydrogen-bond donors (Lipinski definition) is 0. The first-order valence-electron chi connectivity index (χ1n) is 7.59. The fourth-order valence-electron chi connectivity index (χ4n) is 2.30. The van der Waals surface area contributed by atoms with E-state index in [-0.39, 0.29) is 5.91 Å². The van der Waals surface area contributed by atoms with Gasteiger partial charge in [0.25, 0.3) is 5.91 Å². The predicted molar refractivity (Wildman–Crippen MR) is 97.7 cm³/mol. The number of rotatable bonds is 3.